The van der Waals surface area contributed by atoms with Gasteiger partial charge in [-0.3, -0.25) is 14.6 Å². The van der Waals surface area contributed by atoms with Crippen molar-refractivity contribution in [1.82, 2.24) is 20.1 Å². The molecule has 2 aliphatic carbocycles. The summed E-state index contributed by atoms with van der Waals surface area (Å²) in [6, 6.07) is 0.444. The van der Waals surface area contributed by atoms with Crippen molar-refractivity contribution in [2.24, 2.45) is 17.8 Å². The predicted molar refractivity (Wildman–Crippen MR) is 69.0 cm³/mol. The van der Waals surface area contributed by atoms with Crippen molar-refractivity contribution >= 4 is 5.91 Å². The van der Waals surface area contributed by atoms with Crippen LogP contribution in [0.15, 0.2) is 9.59 Å². The van der Waals surface area contributed by atoms with Crippen LogP contribution in [0.4, 0.5) is 0 Å². The number of nitrogens with zero attached hydrogens (tertiary/aromatic N) is 2. The standard InChI is InChI=1S/C13H16N4O3/c18-11(2-1-9-12(19)14-13(20)16-15-9)17-5-6-3-10(17)8-4-7(6)8/h6-8,10H,1-5H2,(H2,14,16,19,20)/t6-,7-,8-,10-/m0/s1. The molecule has 4 rings (SSSR count). The number of hydrogen-bond donors (Lipinski definition) is 2. The molecule has 106 valence electrons. The Balaban J connectivity index is 1.41. The fourth-order valence-corrected chi connectivity index (χ4v) is 4.03. The molecule has 2 bridgehead atoms. The summed E-state index contributed by atoms with van der Waals surface area (Å²) in [5, 5.41) is 5.88. The van der Waals surface area contributed by atoms with Gasteiger partial charge in [0.2, 0.25) is 5.91 Å². The molecule has 0 unspecified atom stereocenters. The maximum Gasteiger partial charge on any atom is 0.342 e. The van der Waals surface area contributed by atoms with E-state index in [0.717, 1.165) is 18.4 Å². The average Bonchev–Trinajstić information content (AvgIpc) is 3.02. The Morgan fingerprint density at radius 3 is 2.85 bits per heavy atom. The summed E-state index contributed by atoms with van der Waals surface area (Å²) < 4.78 is 0. The smallest absolute Gasteiger partial charge is 0.339 e. The Kier molecular flexibility index (Phi) is 2.40. The van der Waals surface area contributed by atoms with E-state index < -0.39 is 11.2 Å². The first kappa shape index (κ1) is 11.9. The van der Waals surface area contributed by atoms with Crippen LogP contribution in [-0.4, -0.2) is 38.6 Å². The third-order valence-corrected chi connectivity index (χ3v) is 5.04. The number of aromatic nitrogens is 3. The van der Waals surface area contributed by atoms with Crippen LogP contribution in [0.5, 0.6) is 0 Å². The summed E-state index contributed by atoms with van der Waals surface area (Å²) in [7, 11) is 0. The van der Waals surface area contributed by atoms with E-state index in [1.54, 1.807) is 0 Å². The molecule has 0 spiro atoms. The van der Waals surface area contributed by atoms with Crippen molar-refractivity contribution in [2.75, 3.05) is 6.54 Å². The van der Waals surface area contributed by atoms with Gasteiger partial charge in [0, 0.05) is 25.4 Å². The van der Waals surface area contributed by atoms with E-state index in [4.69, 9.17) is 0 Å². The maximum atomic E-state index is 12.3. The van der Waals surface area contributed by atoms with Gasteiger partial charge in [0.05, 0.1) is 0 Å². The van der Waals surface area contributed by atoms with E-state index in [0.29, 0.717) is 12.0 Å². The minimum atomic E-state index is -0.623. The summed E-state index contributed by atoms with van der Waals surface area (Å²) in [5.74, 6) is 2.44. The molecule has 7 nitrogen and oxygen atoms in total. The summed E-state index contributed by atoms with van der Waals surface area (Å²) in [6.07, 6.45) is 3.01. The number of carbonyl (C=O) groups excluding carboxylic acids is 1. The van der Waals surface area contributed by atoms with Crippen molar-refractivity contribution < 1.29 is 4.79 Å². The molecular weight excluding hydrogens is 260 g/mol. The van der Waals surface area contributed by atoms with Gasteiger partial charge in [0.1, 0.15) is 5.69 Å². The van der Waals surface area contributed by atoms with E-state index in [1.807, 2.05) is 4.90 Å². The lowest BCUT2D eigenvalue weighted by molar-refractivity contribution is -0.133. The van der Waals surface area contributed by atoms with E-state index in [2.05, 4.69) is 15.2 Å². The van der Waals surface area contributed by atoms with Crippen LogP contribution in [-0.2, 0) is 11.2 Å². The number of aromatic amines is 2. The number of aryl methyl sites for hydroxylation is 1. The molecule has 0 radical (unpaired) electrons. The number of H-pyrrole nitrogens is 2. The molecule has 20 heavy (non-hydrogen) atoms. The molecule has 2 heterocycles. The Morgan fingerprint density at radius 1 is 1.30 bits per heavy atom. The molecule has 3 fully saturated rings. The van der Waals surface area contributed by atoms with E-state index >= 15 is 0 Å². The molecule has 1 aromatic heterocycles. The number of hydrogen-bond acceptors (Lipinski definition) is 4. The SMILES string of the molecule is O=C(CCc1n[nH]c(=O)[nH]c1=O)N1C[C@@H]2C[C@H]1[C@H]1C[C@@H]21. The number of likely N-dealkylation sites (tertiary alicyclic amines) is 1. The van der Waals surface area contributed by atoms with Crippen LogP contribution in [0.2, 0.25) is 0 Å². The first-order valence-electron chi connectivity index (χ1n) is 7.11. The van der Waals surface area contributed by atoms with Gasteiger partial charge in [-0.25, -0.2) is 9.89 Å². The van der Waals surface area contributed by atoms with Crippen molar-refractivity contribution in [3.05, 3.63) is 26.5 Å². The fraction of sp³-hybridized carbons (Fsp3) is 0.692. The van der Waals surface area contributed by atoms with Gasteiger partial charge in [-0.15, -0.1) is 0 Å². The van der Waals surface area contributed by atoms with Gasteiger partial charge in [-0.05, 0) is 30.6 Å². The zero-order valence-corrected chi connectivity index (χ0v) is 11.0. The van der Waals surface area contributed by atoms with Gasteiger partial charge in [0.25, 0.3) is 5.56 Å². The third kappa shape index (κ3) is 1.72. The number of fused-ring (bicyclic) bond motifs is 5. The lowest BCUT2D eigenvalue weighted by atomic mass is 10.1. The van der Waals surface area contributed by atoms with Crippen molar-refractivity contribution in [1.29, 1.82) is 0 Å². The molecule has 1 aliphatic heterocycles. The minimum Gasteiger partial charge on any atom is -0.339 e. The lowest BCUT2D eigenvalue weighted by Gasteiger charge is -2.26. The monoisotopic (exact) mass is 276 g/mol. The van der Waals surface area contributed by atoms with Gasteiger partial charge >= 0.3 is 5.69 Å². The van der Waals surface area contributed by atoms with Crippen molar-refractivity contribution in [2.45, 2.75) is 31.7 Å². The van der Waals surface area contributed by atoms with Crippen LogP contribution in [0.1, 0.15) is 25.0 Å². The molecule has 2 N–H and O–H groups in total. The summed E-state index contributed by atoms with van der Waals surface area (Å²) in [4.78, 5) is 38.7. The Hall–Kier alpha value is -1.92. The normalized spacial score (nSPS) is 33.3. The molecule has 0 aromatic carbocycles. The molecule has 2 saturated carbocycles. The highest BCUT2D eigenvalue weighted by Gasteiger charge is 2.61. The number of amides is 1. The van der Waals surface area contributed by atoms with E-state index in [1.165, 1.54) is 12.8 Å². The van der Waals surface area contributed by atoms with Crippen LogP contribution >= 0.6 is 0 Å². The largest absolute Gasteiger partial charge is 0.342 e. The number of carbonyl (C=O) groups is 1. The Labute approximate surface area is 114 Å². The predicted octanol–water partition coefficient (Wildman–Crippen LogP) is -0.742. The molecule has 1 saturated heterocycles. The van der Waals surface area contributed by atoms with Crippen LogP contribution < -0.4 is 11.2 Å². The second kappa shape index (κ2) is 4.04. The minimum absolute atomic E-state index is 0.107. The van der Waals surface area contributed by atoms with E-state index in [-0.39, 0.29) is 24.4 Å². The van der Waals surface area contributed by atoms with E-state index in [9.17, 15) is 14.4 Å². The van der Waals surface area contributed by atoms with Gasteiger partial charge in [-0.2, -0.15) is 5.10 Å². The zero-order chi connectivity index (χ0) is 13.9. The summed E-state index contributed by atoms with van der Waals surface area (Å²) in [5.41, 5.74) is -0.917. The van der Waals surface area contributed by atoms with Crippen LogP contribution in [0.25, 0.3) is 0 Å². The molecule has 7 heteroatoms. The van der Waals surface area contributed by atoms with Crippen molar-refractivity contribution in [3.63, 3.8) is 0 Å². The highest BCUT2D eigenvalue weighted by Crippen LogP contribution is 2.61. The Morgan fingerprint density at radius 2 is 2.15 bits per heavy atom. The Bertz CT molecular complexity index is 679. The van der Waals surface area contributed by atoms with Crippen LogP contribution in [0, 0.1) is 17.8 Å². The van der Waals surface area contributed by atoms with Gasteiger partial charge in [0.15, 0.2) is 0 Å². The van der Waals surface area contributed by atoms with Gasteiger partial charge < -0.3 is 4.90 Å². The highest BCUT2D eigenvalue weighted by molar-refractivity contribution is 5.77. The van der Waals surface area contributed by atoms with Crippen LogP contribution in [0.3, 0.4) is 0 Å². The first-order valence-corrected chi connectivity index (χ1v) is 7.11. The molecule has 4 atom stereocenters. The summed E-state index contributed by atoms with van der Waals surface area (Å²) >= 11 is 0. The zero-order valence-electron chi connectivity index (χ0n) is 11.0. The molecule has 1 amide bonds. The van der Waals surface area contributed by atoms with Gasteiger partial charge in [-0.1, -0.05) is 0 Å². The number of piperidine rings is 1. The maximum absolute atomic E-state index is 12.3. The second-order valence-corrected chi connectivity index (χ2v) is 6.13. The second-order valence-electron chi connectivity index (χ2n) is 6.13. The van der Waals surface area contributed by atoms with Crippen molar-refractivity contribution in [3.8, 4) is 0 Å². The molecule has 3 aliphatic rings. The highest BCUT2D eigenvalue weighted by atomic mass is 16.2. The number of nitrogens with one attached hydrogen (secondary N) is 2. The fourth-order valence-electron chi connectivity index (χ4n) is 4.03. The quantitative estimate of drug-likeness (QED) is 0.759. The average molecular weight is 276 g/mol. The lowest BCUT2D eigenvalue weighted by Crippen LogP contribution is -2.39. The summed E-state index contributed by atoms with van der Waals surface area (Å²) in [6.45, 7) is 0.889. The third-order valence-electron chi connectivity index (χ3n) is 5.04. The topological polar surface area (TPSA) is 98.9 Å². The first-order chi connectivity index (χ1) is 9.63. The number of rotatable bonds is 3. The molecular formula is C13H16N4O3. The molecule has 1 aromatic rings.